The molecular formula is C21H27NO4S. The van der Waals surface area contributed by atoms with Gasteiger partial charge in [0.25, 0.3) is 6.47 Å². The molecule has 2 unspecified atom stereocenters. The maximum atomic E-state index is 11.9. The number of benzene rings is 2. The summed E-state index contributed by atoms with van der Waals surface area (Å²) in [6.45, 7) is 5.77. The van der Waals surface area contributed by atoms with Crippen LogP contribution in [0.3, 0.4) is 0 Å². The minimum Gasteiger partial charge on any atom is -0.464 e. The van der Waals surface area contributed by atoms with Gasteiger partial charge in [0.15, 0.2) is 0 Å². The topological polar surface area (TPSA) is 72.5 Å². The zero-order valence-corrected chi connectivity index (χ0v) is 16.8. The van der Waals surface area contributed by atoms with E-state index >= 15 is 0 Å². The van der Waals surface area contributed by atoms with E-state index in [1.165, 1.54) is 0 Å². The molecule has 146 valence electrons. The third-order valence-electron chi connectivity index (χ3n) is 4.59. The highest BCUT2D eigenvalue weighted by Crippen LogP contribution is 2.21. The van der Waals surface area contributed by atoms with Crippen molar-refractivity contribution in [3.63, 3.8) is 0 Å². The fraction of sp³-hybridized carbons (Fsp3) is 0.381. The van der Waals surface area contributed by atoms with Gasteiger partial charge < -0.3 is 4.74 Å². The molecule has 5 nitrogen and oxygen atoms in total. The van der Waals surface area contributed by atoms with Gasteiger partial charge in [-0.05, 0) is 30.5 Å². The summed E-state index contributed by atoms with van der Waals surface area (Å²) >= 11 is 0. The van der Waals surface area contributed by atoms with Gasteiger partial charge in [0, 0.05) is 18.9 Å². The van der Waals surface area contributed by atoms with E-state index < -0.39 is 21.4 Å². The number of sulfonamides is 1. The van der Waals surface area contributed by atoms with Crippen LogP contribution in [0.2, 0.25) is 0 Å². The van der Waals surface area contributed by atoms with Gasteiger partial charge in [-0.25, -0.2) is 13.1 Å². The first kappa shape index (κ1) is 21.1. The van der Waals surface area contributed by atoms with Gasteiger partial charge in [0.05, 0.1) is 5.25 Å². The van der Waals surface area contributed by atoms with Crippen molar-refractivity contribution in [1.82, 2.24) is 4.72 Å². The second-order valence-corrected chi connectivity index (χ2v) is 9.28. The third-order valence-corrected chi connectivity index (χ3v) is 6.40. The van der Waals surface area contributed by atoms with Crippen LogP contribution in [0.5, 0.6) is 0 Å². The molecule has 0 bridgehead atoms. The molecule has 2 rings (SSSR count). The Balaban J connectivity index is 2.03. The summed E-state index contributed by atoms with van der Waals surface area (Å²) in [5.41, 5.74) is 3.28. The molecule has 2 atom stereocenters. The molecule has 0 spiro atoms. The first-order valence-corrected chi connectivity index (χ1v) is 10.6. The number of carbonyl (C=O) groups is 1. The molecule has 2 aromatic carbocycles. The molecule has 27 heavy (non-hydrogen) atoms. The Morgan fingerprint density at radius 2 is 1.56 bits per heavy atom. The number of nitrogens with one attached hydrogen (secondary N) is 1. The van der Waals surface area contributed by atoms with Crippen LogP contribution in [0.25, 0.3) is 11.1 Å². The van der Waals surface area contributed by atoms with Crippen LogP contribution >= 0.6 is 0 Å². The SMILES string of the molecule is CC(CNS(=O)(=O)C(C)C)C(Cc1ccc(-c2ccccc2)cc1)OC=O. The number of hydrogen-bond donors (Lipinski definition) is 1. The van der Waals surface area contributed by atoms with E-state index in [-0.39, 0.29) is 12.5 Å². The van der Waals surface area contributed by atoms with E-state index in [9.17, 15) is 13.2 Å². The smallest absolute Gasteiger partial charge is 0.293 e. The Morgan fingerprint density at radius 1 is 0.963 bits per heavy atom. The molecule has 0 aromatic heterocycles. The minimum atomic E-state index is -3.34. The largest absolute Gasteiger partial charge is 0.464 e. The van der Waals surface area contributed by atoms with Crippen molar-refractivity contribution in [2.24, 2.45) is 5.92 Å². The normalized spacial score (nSPS) is 13.9. The summed E-state index contributed by atoms with van der Waals surface area (Å²) in [6, 6.07) is 18.2. The summed E-state index contributed by atoms with van der Waals surface area (Å²) in [7, 11) is -3.34. The van der Waals surface area contributed by atoms with Crippen LogP contribution in [-0.4, -0.2) is 32.8 Å². The van der Waals surface area contributed by atoms with Gasteiger partial charge in [-0.1, -0.05) is 61.5 Å². The van der Waals surface area contributed by atoms with Crippen molar-refractivity contribution >= 4 is 16.5 Å². The van der Waals surface area contributed by atoms with Crippen molar-refractivity contribution < 1.29 is 17.9 Å². The second kappa shape index (κ2) is 9.67. The summed E-state index contributed by atoms with van der Waals surface area (Å²) in [4.78, 5) is 10.9. The van der Waals surface area contributed by atoms with Gasteiger partial charge in [0.2, 0.25) is 10.0 Å². The molecule has 0 heterocycles. The van der Waals surface area contributed by atoms with Gasteiger partial charge in [-0.15, -0.1) is 0 Å². The van der Waals surface area contributed by atoms with Crippen LogP contribution in [0.4, 0.5) is 0 Å². The number of hydrogen-bond acceptors (Lipinski definition) is 4. The maximum absolute atomic E-state index is 11.9. The van der Waals surface area contributed by atoms with Gasteiger partial charge in [-0.2, -0.15) is 0 Å². The fourth-order valence-electron chi connectivity index (χ4n) is 2.70. The van der Waals surface area contributed by atoms with E-state index in [2.05, 4.69) is 16.9 Å². The molecule has 0 aliphatic carbocycles. The van der Waals surface area contributed by atoms with Crippen LogP contribution in [0.1, 0.15) is 26.3 Å². The average Bonchev–Trinajstić information content (AvgIpc) is 2.67. The van der Waals surface area contributed by atoms with E-state index in [1.807, 2.05) is 49.4 Å². The molecular weight excluding hydrogens is 362 g/mol. The molecule has 0 radical (unpaired) electrons. The second-order valence-electron chi connectivity index (χ2n) is 6.96. The predicted octanol–water partition coefficient (Wildman–Crippen LogP) is 3.40. The molecule has 0 aliphatic heterocycles. The average molecular weight is 390 g/mol. The summed E-state index contributed by atoms with van der Waals surface area (Å²) in [6.07, 6.45) is 0.123. The number of carbonyl (C=O) groups excluding carboxylic acids is 1. The Hall–Kier alpha value is -2.18. The van der Waals surface area contributed by atoms with Crippen LogP contribution < -0.4 is 4.72 Å². The lowest BCUT2D eigenvalue weighted by Gasteiger charge is -2.23. The first-order chi connectivity index (χ1) is 12.8. The quantitative estimate of drug-likeness (QED) is 0.632. The van der Waals surface area contributed by atoms with Crippen LogP contribution in [0.15, 0.2) is 54.6 Å². The highest BCUT2D eigenvalue weighted by Gasteiger charge is 2.23. The Morgan fingerprint density at radius 3 is 2.11 bits per heavy atom. The van der Waals surface area contributed by atoms with Crippen molar-refractivity contribution in [2.45, 2.75) is 38.5 Å². The first-order valence-electron chi connectivity index (χ1n) is 9.05. The predicted molar refractivity (Wildman–Crippen MR) is 108 cm³/mol. The van der Waals surface area contributed by atoms with Crippen LogP contribution in [0, 0.1) is 5.92 Å². The van der Waals surface area contributed by atoms with Gasteiger partial charge in [-0.3, -0.25) is 4.79 Å². The van der Waals surface area contributed by atoms with Crippen molar-refractivity contribution in [3.8, 4) is 11.1 Å². The maximum Gasteiger partial charge on any atom is 0.293 e. The minimum absolute atomic E-state index is 0.155. The summed E-state index contributed by atoms with van der Waals surface area (Å²) in [5, 5.41) is -0.499. The summed E-state index contributed by atoms with van der Waals surface area (Å²) in [5.74, 6) is -0.155. The zero-order chi connectivity index (χ0) is 19.9. The lowest BCUT2D eigenvalue weighted by atomic mass is 9.96. The molecule has 6 heteroatoms. The van der Waals surface area contributed by atoms with Gasteiger partial charge >= 0.3 is 0 Å². The van der Waals surface area contributed by atoms with E-state index in [4.69, 9.17) is 4.74 Å². The van der Waals surface area contributed by atoms with E-state index in [0.29, 0.717) is 12.9 Å². The fourth-order valence-corrected chi connectivity index (χ4v) is 3.53. The lowest BCUT2D eigenvalue weighted by Crippen LogP contribution is -2.38. The van der Waals surface area contributed by atoms with Crippen molar-refractivity contribution in [2.75, 3.05) is 6.54 Å². The summed E-state index contributed by atoms with van der Waals surface area (Å²) < 4.78 is 31.7. The zero-order valence-electron chi connectivity index (χ0n) is 16.0. The molecule has 2 aromatic rings. The molecule has 0 amide bonds. The lowest BCUT2D eigenvalue weighted by molar-refractivity contribution is -0.135. The Labute approximate surface area is 161 Å². The van der Waals surface area contributed by atoms with Crippen molar-refractivity contribution in [3.05, 3.63) is 60.2 Å². The molecule has 0 aliphatic rings. The number of ether oxygens (including phenoxy) is 1. The third kappa shape index (κ3) is 6.19. The Kier molecular flexibility index (Phi) is 7.56. The molecule has 0 saturated carbocycles. The number of rotatable bonds is 10. The van der Waals surface area contributed by atoms with E-state index in [1.54, 1.807) is 13.8 Å². The molecule has 0 saturated heterocycles. The molecule has 1 N–H and O–H groups in total. The standard InChI is InChI=1S/C21H27NO4S/c1-16(2)27(24,25)22-14-17(3)21(26-15-23)13-18-9-11-20(12-10-18)19-7-5-4-6-8-19/h4-12,15-17,21-22H,13-14H2,1-3H3. The highest BCUT2D eigenvalue weighted by atomic mass is 32.2. The van der Waals surface area contributed by atoms with Gasteiger partial charge in [0.1, 0.15) is 6.10 Å². The van der Waals surface area contributed by atoms with Crippen molar-refractivity contribution in [1.29, 1.82) is 0 Å². The van der Waals surface area contributed by atoms with E-state index in [0.717, 1.165) is 16.7 Å². The highest BCUT2D eigenvalue weighted by molar-refractivity contribution is 7.90. The molecule has 0 fully saturated rings. The Bertz CT molecular complexity index is 817. The monoisotopic (exact) mass is 389 g/mol. The van der Waals surface area contributed by atoms with Crippen LogP contribution in [-0.2, 0) is 26.0 Å².